The molecule has 2 atom stereocenters. The van der Waals surface area contributed by atoms with E-state index in [9.17, 15) is 9.59 Å². The van der Waals surface area contributed by atoms with Gasteiger partial charge < -0.3 is 25.3 Å². The number of carbonyl (C=O) groups excluding carboxylic acids is 1. The first-order chi connectivity index (χ1) is 18.4. The summed E-state index contributed by atoms with van der Waals surface area (Å²) in [5.74, 6) is 0.802. The summed E-state index contributed by atoms with van der Waals surface area (Å²) in [7, 11) is 0. The summed E-state index contributed by atoms with van der Waals surface area (Å²) in [6.45, 7) is 4.89. The fraction of sp³-hybridized carbons (Fsp3) is 0.400. The Morgan fingerprint density at radius 2 is 2.05 bits per heavy atom. The maximum Gasteiger partial charge on any atom is 0.335 e. The summed E-state index contributed by atoms with van der Waals surface area (Å²) in [6, 6.07) is 10.1. The molecule has 38 heavy (non-hydrogen) atoms. The molecule has 2 aromatic rings. The van der Waals surface area contributed by atoms with Crippen molar-refractivity contribution in [3.63, 3.8) is 0 Å². The van der Waals surface area contributed by atoms with Crippen LogP contribution in [0.4, 0.5) is 0 Å². The molecule has 2 aliphatic rings. The van der Waals surface area contributed by atoms with Gasteiger partial charge in [0.1, 0.15) is 11.5 Å². The molecule has 2 unspecified atom stereocenters. The van der Waals surface area contributed by atoms with Crippen molar-refractivity contribution in [3.8, 4) is 5.75 Å². The van der Waals surface area contributed by atoms with Gasteiger partial charge in [-0.15, -0.1) is 0 Å². The number of nitrogens with two attached hydrogens (primary N) is 1. The van der Waals surface area contributed by atoms with Crippen LogP contribution in [0.5, 0.6) is 5.75 Å². The number of carboxylic acid groups (broad SMARTS) is 1. The molecule has 1 aliphatic heterocycles. The maximum atomic E-state index is 12.7. The molecule has 4 N–H and O–H groups in total. The van der Waals surface area contributed by atoms with Gasteiger partial charge in [-0.2, -0.15) is 0 Å². The van der Waals surface area contributed by atoms with Crippen molar-refractivity contribution in [3.05, 3.63) is 83.9 Å². The SMILES string of the molecule is CC(/C=C\C(CN)NC(=O)c1ccc(C2=CC=CCC2)o1)N1CCC(COc2cccc(C(=O)O)c2)CC1. The molecule has 1 aromatic carbocycles. The highest BCUT2D eigenvalue weighted by Crippen LogP contribution is 2.25. The van der Waals surface area contributed by atoms with Crippen molar-refractivity contribution in [2.45, 2.75) is 44.7 Å². The minimum absolute atomic E-state index is 0.205. The number of rotatable bonds is 11. The van der Waals surface area contributed by atoms with E-state index in [1.165, 1.54) is 0 Å². The number of hydrogen-bond donors (Lipinski definition) is 3. The Morgan fingerprint density at radius 3 is 2.76 bits per heavy atom. The number of nitrogens with zero attached hydrogens (tertiary/aromatic N) is 1. The average molecular weight is 520 g/mol. The zero-order chi connectivity index (χ0) is 26.9. The molecule has 8 heteroatoms. The number of aromatic carboxylic acids is 1. The molecule has 202 valence electrons. The minimum atomic E-state index is -0.956. The van der Waals surface area contributed by atoms with Gasteiger partial charge in [-0.05, 0) is 87.5 Å². The summed E-state index contributed by atoms with van der Waals surface area (Å²) in [5, 5.41) is 12.1. The van der Waals surface area contributed by atoms with Crippen molar-refractivity contribution in [2.75, 3.05) is 26.2 Å². The van der Waals surface area contributed by atoms with Crippen LogP contribution in [0.25, 0.3) is 5.57 Å². The zero-order valence-electron chi connectivity index (χ0n) is 21.8. The molecule has 1 aliphatic carbocycles. The van der Waals surface area contributed by atoms with Crippen LogP contribution in [-0.2, 0) is 0 Å². The first-order valence-corrected chi connectivity index (χ1v) is 13.3. The summed E-state index contributed by atoms with van der Waals surface area (Å²) < 4.78 is 11.7. The number of benzene rings is 1. The quantitative estimate of drug-likeness (QED) is 0.374. The van der Waals surface area contributed by atoms with E-state index in [0.29, 0.717) is 24.8 Å². The Morgan fingerprint density at radius 1 is 1.24 bits per heavy atom. The molecule has 0 saturated carbocycles. The van der Waals surface area contributed by atoms with Gasteiger partial charge in [-0.3, -0.25) is 9.69 Å². The summed E-state index contributed by atoms with van der Waals surface area (Å²) in [5.41, 5.74) is 7.26. The number of amides is 1. The van der Waals surface area contributed by atoms with Gasteiger partial charge in [-0.25, -0.2) is 4.79 Å². The number of carbonyl (C=O) groups is 2. The predicted octanol–water partition coefficient (Wildman–Crippen LogP) is 4.50. The molecule has 0 spiro atoms. The highest BCUT2D eigenvalue weighted by Gasteiger charge is 2.23. The lowest BCUT2D eigenvalue weighted by molar-refractivity contribution is 0.0695. The van der Waals surface area contributed by atoms with Gasteiger partial charge in [-0.1, -0.05) is 36.4 Å². The first kappa shape index (κ1) is 27.4. The molecule has 1 fully saturated rings. The molecule has 4 rings (SSSR count). The lowest BCUT2D eigenvalue weighted by Gasteiger charge is -2.35. The Bertz CT molecular complexity index is 1190. The second kappa shape index (κ2) is 13.3. The van der Waals surface area contributed by atoms with Gasteiger partial charge in [0.05, 0.1) is 18.2 Å². The molecule has 0 radical (unpaired) electrons. The van der Waals surface area contributed by atoms with Gasteiger partial charge in [0.25, 0.3) is 5.91 Å². The zero-order valence-corrected chi connectivity index (χ0v) is 21.8. The Kier molecular flexibility index (Phi) is 9.56. The Labute approximate surface area is 223 Å². The molecule has 8 nitrogen and oxygen atoms in total. The normalized spacial score (nSPS) is 18.2. The summed E-state index contributed by atoms with van der Waals surface area (Å²) >= 11 is 0. The molecule has 1 amide bonds. The van der Waals surface area contributed by atoms with Crippen LogP contribution in [0.1, 0.15) is 59.3 Å². The van der Waals surface area contributed by atoms with E-state index < -0.39 is 5.97 Å². The third-order valence-electron chi connectivity index (χ3n) is 7.14. The van der Waals surface area contributed by atoms with Gasteiger partial charge in [0.15, 0.2) is 5.76 Å². The van der Waals surface area contributed by atoms with E-state index in [1.807, 2.05) is 24.3 Å². The number of carboxylic acids is 1. The van der Waals surface area contributed by atoms with Crippen LogP contribution in [0.2, 0.25) is 0 Å². The number of piperidine rings is 1. The lowest BCUT2D eigenvalue weighted by atomic mass is 9.96. The smallest absolute Gasteiger partial charge is 0.335 e. The summed E-state index contributed by atoms with van der Waals surface area (Å²) in [4.78, 5) is 26.3. The number of allylic oxidation sites excluding steroid dienone is 4. The van der Waals surface area contributed by atoms with E-state index in [2.05, 4.69) is 29.3 Å². The molecule has 1 aromatic heterocycles. The molecular weight excluding hydrogens is 482 g/mol. The molecule has 1 saturated heterocycles. The van der Waals surface area contributed by atoms with E-state index in [4.69, 9.17) is 20.0 Å². The lowest BCUT2D eigenvalue weighted by Crippen LogP contribution is -2.41. The average Bonchev–Trinajstić information content (AvgIpc) is 3.45. The van der Waals surface area contributed by atoms with Crippen molar-refractivity contribution < 1.29 is 23.8 Å². The van der Waals surface area contributed by atoms with Gasteiger partial charge >= 0.3 is 5.97 Å². The molecule has 2 heterocycles. The highest BCUT2D eigenvalue weighted by molar-refractivity contribution is 5.92. The third kappa shape index (κ3) is 7.46. The van der Waals surface area contributed by atoms with Crippen LogP contribution in [0.15, 0.2) is 71.2 Å². The number of likely N-dealkylation sites (tertiary alicyclic amines) is 1. The van der Waals surface area contributed by atoms with E-state index in [-0.39, 0.29) is 29.3 Å². The third-order valence-corrected chi connectivity index (χ3v) is 7.14. The first-order valence-electron chi connectivity index (χ1n) is 13.3. The minimum Gasteiger partial charge on any atom is -0.493 e. The second-order valence-corrected chi connectivity index (χ2v) is 9.89. The van der Waals surface area contributed by atoms with Crippen LogP contribution in [0.3, 0.4) is 0 Å². The van der Waals surface area contributed by atoms with Crippen LogP contribution in [-0.4, -0.2) is 60.2 Å². The van der Waals surface area contributed by atoms with E-state index >= 15 is 0 Å². The van der Waals surface area contributed by atoms with E-state index in [1.54, 1.807) is 30.3 Å². The second-order valence-electron chi connectivity index (χ2n) is 9.89. The van der Waals surface area contributed by atoms with Gasteiger partial charge in [0, 0.05) is 12.6 Å². The van der Waals surface area contributed by atoms with Crippen molar-refractivity contribution >= 4 is 17.4 Å². The topological polar surface area (TPSA) is 118 Å². The van der Waals surface area contributed by atoms with Crippen molar-refractivity contribution in [1.82, 2.24) is 10.2 Å². The highest BCUT2D eigenvalue weighted by atomic mass is 16.5. The van der Waals surface area contributed by atoms with E-state index in [0.717, 1.165) is 50.1 Å². The number of ether oxygens (including phenoxy) is 1. The number of nitrogens with one attached hydrogen (secondary N) is 1. The largest absolute Gasteiger partial charge is 0.493 e. The number of hydrogen-bond acceptors (Lipinski definition) is 6. The fourth-order valence-electron chi connectivity index (χ4n) is 4.74. The standard InChI is InChI=1S/C30H37N3O5/c1-21(33-16-14-22(15-17-33)20-37-26-9-5-8-24(18-26)30(35)36)10-11-25(19-31)32-29(34)28-13-12-27(38-28)23-6-3-2-4-7-23/h2-3,5-6,8-13,18,21-22,25H,4,7,14-17,19-20,31H2,1H3,(H,32,34)(H,35,36)/b11-10-. The van der Waals surface area contributed by atoms with Crippen LogP contribution < -0.4 is 15.8 Å². The van der Waals surface area contributed by atoms with Crippen molar-refractivity contribution in [2.24, 2.45) is 11.7 Å². The monoisotopic (exact) mass is 519 g/mol. The Balaban J connectivity index is 1.22. The maximum absolute atomic E-state index is 12.7. The summed E-state index contributed by atoms with van der Waals surface area (Å²) in [6.07, 6.45) is 14.1. The predicted molar refractivity (Wildman–Crippen MR) is 147 cm³/mol. The number of furan rings is 1. The van der Waals surface area contributed by atoms with Gasteiger partial charge in [0.2, 0.25) is 0 Å². The fourth-order valence-corrected chi connectivity index (χ4v) is 4.74. The molecular formula is C30H37N3O5. The van der Waals surface area contributed by atoms with Crippen LogP contribution in [0, 0.1) is 5.92 Å². The van der Waals surface area contributed by atoms with Crippen molar-refractivity contribution in [1.29, 1.82) is 0 Å². The van der Waals surface area contributed by atoms with Crippen LogP contribution >= 0.6 is 0 Å². The molecule has 0 bridgehead atoms. The Hall–Kier alpha value is -3.62.